The van der Waals surface area contributed by atoms with Gasteiger partial charge in [-0.25, -0.2) is 15.0 Å². The molecule has 0 spiro atoms. The molecule has 10 aromatic rings. The van der Waals surface area contributed by atoms with Crippen molar-refractivity contribution < 1.29 is 0 Å². The highest BCUT2D eigenvalue weighted by Gasteiger charge is 2.16. The smallest absolute Gasteiger partial charge is 0.164 e. The van der Waals surface area contributed by atoms with Crippen LogP contribution >= 0.6 is 0 Å². The van der Waals surface area contributed by atoms with Gasteiger partial charge in [0.15, 0.2) is 17.5 Å². The summed E-state index contributed by atoms with van der Waals surface area (Å²) in [5, 5.41) is 4.56. The van der Waals surface area contributed by atoms with Crippen LogP contribution in [0.2, 0.25) is 0 Å². The van der Waals surface area contributed by atoms with Crippen LogP contribution in [0.15, 0.2) is 201 Å². The molecule has 0 bridgehead atoms. The van der Waals surface area contributed by atoms with Crippen LogP contribution in [-0.2, 0) is 0 Å². The minimum Gasteiger partial charge on any atom is -0.263 e. The summed E-state index contributed by atoms with van der Waals surface area (Å²) in [5.74, 6) is 1.85. The number of rotatable bonds is 7. The van der Waals surface area contributed by atoms with Gasteiger partial charge in [-0.2, -0.15) is 0 Å². The summed E-state index contributed by atoms with van der Waals surface area (Å²) < 4.78 is 0. The average molecular weight is 716 g/mol. The molecule has 0 saturated carbocycles. The van der Waals surface area contributed by atoms with Crippen molar-refractivity contribution in [3.05, 3.63) is 201 Å². The second-order valence-electron chi connectivity index (χ2n) is 13.8. The van der Waals surface area contributed by atoms with Gasteiger partial charge in [-0.1, -0.05) is 146 Å². The lowest BCUT2D eigenvalue weighted by Gasteiger charge is -2.14. The third-order valence-electron chi connectivity index (χ3n) is 10.2. The first kappa shape index (κ1) is 33.0. The molecular formula is C51H33N5. The van der Waals surface area contributed by atoms with E-state index >= 15 is 0 Å². The van der Waals surface area contributed by atoms with Gasteiger partial charge in [0.1, 0.15) is 0 Å². The Bertz CT molecular complexity index is 2820. The first-order valence-electron chi connectivity index (χ1n) is 18.6. The molecule has 0 aliphatic carbocycles. The van der Waals surface area contributed by atoms with Crippen LogP contribution in [0, 0.1) is 0 Å². The Kier molecular flexibility index (Phi) is 8.43. The molecule has 5 nitrogen and oxygen atoms in total. The molecule has 0 aliphatic heterocycles. The summed E-state index contributed by atoms with van der Waals surface area (Å²) in [5.41, 5.74) is 11.4. The molecular weight excluding hydrogens is 683 g/mol. The molecule has 0 atom stereocenters. The van der Waals surface area contributed by atoms with Gasteiger partial charge in [-0.3, -0.25) is 9.97 Å². The van der Waals surface area contributed by atoms with E-state index in [0.717, 1.165) is 72.0 Å². The topological polar surface area (TPSA) is 64.5 Å². The summed E-state index contributed by atoms with van der Waals surface area (Å²) in [6.45, 7) is 0. The Morgan fingerprint density at radius 3 is 1.09 bits per heavy atom. The second-order valence-corrected chi connectivity index (χ2v) is 13.8. The molecule has 10 rings (SSSR count). The third kappa shape index (κ3) is 6.37. The van der Waals surface area contributed by atoms with Crippen molar-refractivity contribution in [1.82, 2.24) is 24.9 Å². The zero-order valence-corrected chi connectivity index (χ0v) is 30.3. The highest BCUT2D eigenvalue weighted by Crippen LogP contribution is 2.37. The number of fused-ring (bicyclic) bond motifs is 2. The fourth-order valence-electron chi connectivity index (χ4n) is 7.45. The van der Waals surface area contributed by atoms with Crippen molar-refractivity contribution >= 4 is 21.5 Å². The van der Waals surface area contributed by atoms with Gasteiger partial charge in [0, 0.05) is 63.4 Å². The van der Waals surface area contributed by atoms with Gasteiger partial charge in [-0.05, 0) is 74.5 Å². The predicted molar refractivity (Wildman–Crippen MR) is 228 cm³/mol. The van der Waals surface area contributed by atoms with E-state index < -0.39 is 0 Å². The first-order chi connectivity index (χ1) is 27.7. The Morgan fingerprint density at radius 1 is 0.250 bits per heavy atom. The summed E-state index contributed by atoms with van der Waals surface area (Å²) in [4.78, 5) is 24.4. The van der Waals surface area contributed by atoms with Gasteiger partial charge in [0.05, 0.1) is 0 Å². The van der Waals surface area contributed by atoms with Crippen molar-refractivity contribution in [3.8, 4) is 78.7 Å². The predicted octanol–water partition coefficient (Wildman–Crippen LogP) is 12.6. The van der Waals surface area contributed by atoms with Crippen LogP contribution in [0.25, 0.3) is 100 Å². The van der Waals surface area contributed by atoms with Crippen LogP contribution in [0.3, 0.4) is 0 Å². The molecule has 262 valence electrons. The molecule has 0 radical (unpaired) electrons. The standard InChI is InChI=1S/C51H33N5/c1-3-13-34(14-4-1)49-54-50(35-15-5-2-6-16-35)56-51(55-49)44-28-42(36-19-11-21-38(25-36)47-32-52-30-40-17-7-9-23-45(40)47)27-43(29-44)37-20-12-22-39(26-37)48-33-53-31-41-18-8-10-24-46(41)48/h1-33H. The number of hydrogen-bond acceptors (Lipinski definition) is 5. The van der Waals surface area contributed by atoms with Crippen LogP contribution in [0.4, 0.5) is 0 Å². The summed E-state index contributed by atoms with van der Waals surface area (Å²) >= 11 is 0. The molecule has 0 aliphatic rings. The lowest BCUT2D eigenvalue weighted by Crippen LogP contribution is -2.00. The molecule has 0 saturated heterocycles. The molecule has 3 aromatic heterocycles. The monoisotopic (exact) mass is 715 g/mol. The summed E-state index contributed by atoms with van der Waals surface area (Å²) in [6.07, 6.45) is 7.75. The number of pyridine rings is 2. The normalized spacial score (nSPS) is 11.2. The van der Waals surface area contributed by atoms with E-state index in [0.29, 0.717) is 17.5 Å². The Morgan fingerprint density at radius 2 is 0.607 bits per heavy atom. The molecule has 7 aromatic carbocycles. The van der Waals surface area contributed by atoms with Crippen LogP contribution in [0.1, 0.15) is 0 Å². The van der Waals surface area contributed by atoms with Gasteiger partial charge in [0.2, 0.25) is 0 Å². The Hall–Kier alpha value is -7.63. The lowest BCUT2D eigenvalue weighted by atomic mass is 9.92. The number of nitrogens with zero attached hydrogens (tertiary/aromatic N) is 5. The largest absolute Gasteiger partial charge is 0.263 e. The molecule has 0 N–H and O–H groups in total. The summed E-state index contributed by atoms with van der Waals surface area (Å²) in [7, 11) is 0. The lowest BCUT2D eigenvalue weighted by molar-refractivity contribution is 1.07. The maximum absolute atomic E-state index is 5.13. The first-order valence-corrected chi connectivity index (χ1v) is 18.6. The van der Waals surface area contributed by atoms with Crippen molar-refractivity contribution in [1.29, 1.82) is 0 Å². The van der Waals surface area contributed by atoms with Crippen molar-refractivity contribution in [2.45, 2.75) is 0 Å². The maximum Gasteiger partial charge on any atom is 0.164 e. The minimum atomic E-state index is 0.602. The highest BCUT2D eigenvalue weighted by molar-refractivity contribution is 5.98. The van der Waals surface area contributed by atoms with Crippen molar-refractivity contribution in [2.75, 3.05) is 0 Å². The third-order valence-corrected chi connectivity index (χ3v) is 10.2. The van der Waals surface area contributed by atoms with Gasteiger partial charge < -0.3 is 0 Å². The van der Waals surface area contributed by atoms with Gasteiger partial charge >= 0.3 is 0 Å². The van der Waals surface area contributed by atoms with Crippen LogP contribution in [0.5, 0.6) is 0 Å². The maximum atomic E-state index is 5.13. The Balaban J connectivity index is 1.18. The number of aromatic nitrogens is 5. The molecule has 5 heteroatoms. The van der Waals surface area contributed by atoms with Crippen molar-refractivity contribution in [2.24, 2.45) is 0 Å². The summed E-state index contributed by atoms with van der Waals surface area (Å²) in [6, 6.07) is 61.1. The van der Waals surface area contributed by atoms with E-state index in [2.05, 4.69) is 125 Å². The van der Waals surface area contributed by atoms with Crippen LogP contribution < -0.4 is 0 Å². The van der Waals surface area contributed by atoms with Gasteiger partial charge in [-0.15, -0.1) is 0 Å². The second kappa shape index (κ2) is 14.3. The fraction of sp³-hybridized carbons (Fsp3) is 0. The molecule has 0 unspecified atom stereocenters. The van der Waals surface area contributed by atoms with E-state index in [-0.39, 0.29) is 0 Å². The zero-order valence-electron chi connectivity index (χ0n) is 30.3. The van der Waals surface area contributed by atoms with E-state index in [1.54, 1.807) is 0 Å². The molecule has 56 heavy (non-hydrogen) atoms. The number of benzene rings is 7. The molecule has 0 fully saturated rings. The highest BCUT2D eigenvalue weighted by atomic mass is 15.0. The van der Waals surface area contributed by atoms with Crippen molar-refractivity contribution in [3.63, 3.8) is 0 Å². The fourth-order valence-corrected chi connectivity index (χ4v) is 7.45. The van der Waals surface area contributed by atoms with E-state index in [1.807, 2.05) is 85.5 Å². The number of hydrogen-bond donors (Lipinski definition) is 0. The van der Waals surface area contributed by atoms with Gasteiger partial charge in [0.25, 0.3) is 0 Å². The minimum absolute atomic E-state index is 0.602. The molecule has 0 amide bonds. The zero-order chi connectivity index (χ0) is 37.3. The quantitative estimate of drug-likeness (QED) is 0.164. The average Bonchev–Trinajstić information content (AvgIpc) is 3.29. The Labute approximate surface area is 324 Å². The van der Waals surface area contributed by atoms with E-state index in [9.17, 15) is 0 Å². The SMILES string of the molecule is c1ccc(-c2nc(-c3ccccc3)nc(-c3cc(-c4cccc(-c5cncc6ccccc56)c4)cc(-c4cccc(-c5cncc6ccccc56)c4)c3)n2)cc1. The molecule has 3 heterocycles. The van der Waals surface area contributed by atoms with Crippen LogP contribution in [-0.4, -0.2) is 24.9 Å². The van der Waals surface area contributed by atoms with E-state index in [4.69, 9.17) is 15.0 Å². The van der Waals surface area contributed by atoms with E-state index in [1.165, 1.54) is 10.8 Å².